The number of methoxy groups -OCH3 is 1. The van der Waals surface area contributed by atoms with Gasteiger partial charge in [0.2, 0.25) is 10.0 Å². The Balaban J connectivity index is 1.94. The van der Waals surface area contributed by atoms with Crippen LogP contribution >= 0.6 is 0 Å². The number of aryl methyl sites for hydroxylation is 1. The first-order chi connectivity index (χ1) is 12.1. The molecule has 0 bridgehead atoms. The van der Waals surface area contributed by atoms with E-state index in [0.29, 0.717) is 11.5 Å². The summed E-state index contributed by atoms with van der Waals surface area (Å²) >= 11 is 0. The molecule has 0 fully saturated rings. The Morgan fingerprint density at radius 1 is 1.00 bits per heavy atom. The highest BCUT2D eigenvalue weighted by molar-refractivity contribution is 7.89. The molecular weight excluding hydrogens is 350 g/mol. The van der Waals surface area contributed by atoms with Crippen molar-refractivity contribution < 1.29 is 17.9 Å². The summed E-state index contributed by atoms with van der Waals surface area (Å²) in [7, 11) is -1.99. The minimum atomic E-state index is -3.56. The lowest BCUT2D eigenvalue weighted by atomic mass is 9.87. The van der Waals surface area contributed by atoms with E-state index in [1.807, 2.05) is 37.3 Å². The Bertz CT molecular complexity index is 837. The highest BCUT2D eigenvalue weighted by Gasteiger charge is 2.17. The fourth-order valence-corrected chi connectivity index (χ4v) is 3.46. The van der Waals surface area contributed by atoms with Crippen molar-refractivity contribution in [1.82, 2.24) is 4.72 Å². The van der Waals surface area contributed by atoms with Crippen molar-refractivity contribution in [2.45, 2.75) is 38.0 Å². The van der Waals surface area contributed by atoms with E-state index in [1.165, 1.54) is 0 Å². The number of hydrogen-bond donors (Lipinski definition) is 1. The lowest BCUT2D eigenvalue weighted by molar-refractivity contribution is 0.298. The van der Waals surface area contributed by atoms with Gasteiger partial charge in [-0.2, -0.15) is 0 Å². The normalized spacial score (nSPS) is 12.0. The Morgan fingerprint density at radius 2 is 1.65 bits per heavy atom. The van der Waals surface area contributed by atoms with E-state index in [1.54, 1.807) is 19.2 Å². The highest BCUT2D eigenvalue weighted by Crippen LogP contribution is 2.27. The van der Waals surface area contributed by atoms with Crippen LogP contribution in [0.4, 0.5) is 0 Å². The van der Waals surface area contributed by atoms with Gasteiger partial charge < -0.3 is 9.47 Å². The van der Waals surface area contributed by atoms with Crippen LogP contribution in [-0.2, 0) is 15.4 Å². The van der Waals surface area contributed by atoms with Gasteiger partial charge >= 0.3 is 0 Å². The van der Waals surface area contributed by atoms with Gasteiger partial charge in [-0.3, -0.25) is 0 Å². The van der Waals surface area contributed by atoms with Crippen LogP contribution in [0.2, 0.25) is 0 Å². The Hall–Kier alpha value is -2.05. The van der Waals surface area contributed by atoms with Crippen molar-refractivity contribution in [3.05, 3.63) is 53.6 Å². The van der Waals surface area contributed by atoms with Crippen molar-refractivity contribution >= 4 is 10.0 Å². The molecule has 0 aliphatic rings. The van der Waals surface area contributed by atoms with E-state index in [9.17, 15) is 8.42 Å². The molecule has 0 aliphatic carbocycles. The summed E-state index contributed by atoms with van der Waals surface area (Å²) in [5, 5.41) is 0. The molecule has 2 rings (SSSR count). The number of nitrogens with one attached hydrogen (secondary N) is 1. The van der Waals surface area contributed by atoms with Crippen LogP contribution in [0, 0.1) is 6.92 Å². The predicted octanol–water partition coefficient (Wildman–Crippen LogP) is 3.66. The Labute approximate surface area is 156 Å². The topological polar surface area (TPSA) is 64.6 Å². The van der Waals surface area contributed by atoms with E-state index >= 15 is 0 Å². The molecule has 5 nitrogen and oxygen atoms in total. The van der Waals surface area contributed by atoms with E-state index in [-0.39, 0.29) is 23.5 Å². The largest absolute Gasteiger partial charge is 0.493 e. The maximum absolute atomic E-state index is 12.4. The third-order valence-electron chi connectivity index (χ3n) is 4.00. The molecule has 0 spiro atoms. The van der Waals surface area contributed by atoms with Crippen LogP contribution in [0.1, 0.15) is 31.9 Å². The summed E-state index contributed by atoms with van der Waals surface area (Å²) < 4.78 is 38.2. The molecule has 0 saturated carbocycles. The van der Waals surface area contributed by atoms with Crippen molar-refractivity contribution in [1.29, 1.82) is 0 Å². The second-order valence-corrected chi connectivity index (χ2v) is 8.94. The van der Waals surface area contributed by atoms with Crippen LogP contribution in [0.15, 0.2) is 47.4 Å². The van der Waals surface area contributed by atoms with Gasteiger partial charge in [0, 0.05) is 6.54 Å². The van der Waals surface area contributed by atoms with Crippen LogP contribution in [-0.4, -0.2) is 28.7 Å². The second-order valence-electron chi connectivity index (χ2n) is 7.17. The highest BCUT2D eigenvalue weighted by atomic mass is 32.2. The average Bonchev–Trinajstić information content (AvgIpc) is 2.59. The number of sulfonamides is 1. The summed E-state index contributed by atoms with van der Waals surface area (Å²) in [6.45, 7) is 8.60. The van der Waals surface area contributed by atoms with E-state index < -0.39 is 10.0 Å². The first-order valence-electron chi connectivity index (χ1n) is 8.51. The van der Waals surface area contributed by atoms with E-state index in [2.05, 4.69) is 25.5 Å². The Kier molecular flexibility index (Phi) is 6.31. The monoisotopic (exact) mass is 377 g/mol. The molecule has 0 aromatic heterocycles. The first-order valence-corrected chi connectivity index (χ1v) is 9.99. The van der Waals surface area contributed by atoms with Gasteiger partial charge in [0.25, 0.3) is 0 Å². The minimum Gasteiger partial charge on any atom is -0.493 e. The molecule has 2 aromatic rings. The summed E-state index contributed by atoms with van der Waals surface area (Å²) in [6, 6.07) is 12.6. The van der Waals surface area contributed by atoms with Crippen LogP contribution < -0.4 is 14.2 Å². The number of benzene rings is 2. The molecule has 0 heterocycles. The third-order valence-corrected chi connectivity index (χ3v) is 5.48. The maximum atomic E-state index is 12.4. The summed E-state index contributed by atoms with van der Waals surface area (Å²) in [5.41, 5.74) is 2.14. The molecule has 0 atom stereocenters. The van der Waals surface area contributed by atoms with Gasteiger partial charge in [-0.05, 0) is 47.7 Å². The molecule has 0 aliphatic heterocycles. The fourth-order valence-electron chi connectivity index (χ4n) is 2.45. The Morgan fingerprint density at radius 3 is 2.23 bits per heavy atom. The van der Waals surface area contributed by atoms with Crippen LogP contribution in [0.3, 0.4) is 0 Å². The van der Waals surface area contributed by atoms with Crippen molar-refractivity contribution in [2.24, 2.45) is 0 Å². The summed E-state index contributed by atoms with van der Waals surface area (Å²) in [5.74, 6) is 1.22. The molecule has 6 heteroatoms. The van der Waals surface area contributed by atoms with E-state index in [0.717, 1.165) is 11.1 Å². The molecule has 0 unspecified atom stereocenters. The van der Waals surface area contributed by atoms with Gasteiger partial charge in [0.15, 0.2) is 11.5 Å². The molecule has 0 saturated heterocycles. The predicted molar refractivity (Wildman–Crippen MR) is 104 cm³/mol. The fraction of sp³-hybridized carbons (Fsp3) is 0.400. The number of hydrogen-bond acceptors (Lipinski definition) is 4. The quantitative estimate of drug-likeness (QED) is 0.748. The van der Waals surface area contributed by atoms with Crippen LogP contribution in [0.25, 0.3) is 0 Å². The van der Waals surface area contributed by atoms with Crippen LogP contribution in [0.5, 0.6) is 11.5 Å². The van der Waals surface area contributed by atoms with Gasteiger partial charge in [-0.1, -0.05) is 39.0 Å². The molecule has 0 amide bonds. The van der Waals surface area contributed by atoms with Gasteiger partial charge in [-0.15, -0.1) is 0 Å². The maximum Gasteiger partial charge on any atom is 0.240 e. The van der Waals surface area contributed by atoms with Gasteiger partial charge in [0.1, 0.15) is 6.61 Å². The molecule has 26 heavy (non-hydrogen) atoms. The average molecular weight is 378 g/mol. The molecular formula is C20H27NO4S. The molecule has 2 aromatic carbocycles. The SMILES string of the molecule is COc1cc(C)ccc1OCCNS(=O)(=O)c1ccc(C(C)(C)C)cc1. The molecule has 1 N–H and O–H groups in total. The lowest BCUT2D eigenvalue weighted by Gasteiger charge is -2.19. The third kappa shape index (κ3) is 5.22. The lowest BCUT2D eigenvalue weighted by Crippen LogP contribution is -2.28. The van der Waals surface area contributed by atoms with Crippen molar-refractivity contribution in [2.75, 3.05) is 20.3 Å². The zero-order chi connectivity index (χ0) is 19.4. The minimum absolute atomic E-state index is 0.0172. The number of ether oxygens (including phenoxy) is 2. The first kappa shape index (κ1) is 20.3. The zero-order valence-corrected chi connectivity index (χ0v) is 16.8. The summed E-state index contributed by atoms with van der Waals surface area (Å²) in [6.07, 6.45) is 0. The van der Waals surface area contributed by atoms with Crippen molar-refractivity contribution in [3.8, 4) is 11.5 Å². The zero-order valence-electron chi connectivity index (χ0n) is 16.0. The molecule has 0 radical (unpaired) electrons. The number of rotatable bonds is 7. The van der Waals surface area contributed by atoms with Gasteiger partial charge in [0.05, 0.1) is 12.0 Å². The summed E-state index contributed by atoms with van der Waals surface area (Å²) in [4.78, 5) is 0.249. The molecule has 142 valence electrons. The smallest absolute Gasteiger partial charge is 0.240 e. The van der Waals surface area contributed by atoms with Gasteiger partial charge in [-0.25, -0.2) is 13.1 Å². The standard InChI is InChI=1S/C20H27NO4S/c1-15-6-11-18(19(14-15)24-5)25-13-12-21-26(22,23)17-9-7-16(8-10-17)20(2,3)4/h6-11,14,21H,12-13H2,1-5H3. The van der Waals surface area contributed by atoms with Crippen molar-refractivity contribution in [3.63, 3.8) is 0 Å². The second kappa shape index (κ2) is 8.10. The van der Waals surface area contributed by atoms with E-state index in [4.69, 9.17) is 9.47 Å².